The largest absolute Gasteiger partial charge is 0.500 e. The molecule has 0 spiro atoms. The molecule has 0 atom stereocenters. The second-order valence-corrected chi connectivity index (χ2v) is 4.66. The van der Waals surface area contributed by atoms with E-state index in [-0.39, 0.29) is 11.3 Å². The summed E-state index contributed by atoms with van der Waals surface area (Å²) < 4.78 is 4.83. The second-order valence-electron chi connectivity index (χ2n) is 4.66. The van der Waals surface area contributed by atoms with Gasteiger partial charge in [-0.15, -0.1) is 0 Å². The fraction of sp³-hybridized carbons (Fsp3) is 0.357. The Morgan fingerprint density at radius 1 is 1.42 bits per heavy atom. The van der Waals surface area contributed by atoms with Crippen LogP contribution in [0.2, 0.25) is 0 Å². The zero-order valence-corrected chi connectivity index (χ0v) is 13.2. The predicted octanol–water partition coefficient (Wildman–Crippen LogP) is 0.675. The number of nitro groups is 1. The molecule has 0 saturated heterocycles. The average molecular weight is 338 g/mol. The Hall–Kier alpha value is -3.17. The van der Waals surface area contributed by atoms with E-state index < -0.39 is 28.2 Å². The van der Waals surface area contributed by atoms with E-state index in [0.717, 1.165) is 25.1 Å². The number of carbonyl (C=O) groups excluding carboxylic acids is 2. The van der Waals surface area contributed by atoms with Gasteiger partial charge in [0.15, 0.2) is 5.75 Å². The van der Waals surface area contributed by atoms with Crippen molar-refractivity contribution in [3.8, 4) is 11.5 Å². The van der Waals surface area contributed by atoms with Crippen LogP contribution in [0.15, 0.2) is 17.2 Å². The number of ether oxygens (including phenoxy) is 1. The minimum Gasteiger partial charge on any atom is -0.500 e. The molecule has 1 rings (SSSR count). The van der Waals surface area contributed by atoms with Gasteiger partial charge < -0.3 is 15.2 Å². The van der Waals surface area contributed by atoms with Crippen molar-refractivity contribution in [3.63, 3.8) is 0 Å². The molecule has 24 heavy (non-hydrogen) atoms. The van der Waals surface area contributed by atoms with E-state index in [2.05, 4.69) is 10.4 Å². The number of amides is 2. The average Bonchev–Trinajstić information content (AvgIpc) is 2.55. The zero-order chi connectivity index (χ0) is 18.1. The van der Waals surface area contributed by atoms with E-state index >= 15 is 0 Å². The molecule has 2 amide bonds. The lowest BCUT2D eigenvalue weighted by atomic mass is 10.2. The van der Waals surface area contributed by atoms with Crippen LogP contribution in [-0.4, -0.2) is 41.7 Å². The maximum atomic E-state index is 11.5. The molecule has 10 heteroatoms. The van der Waals surface area contributed by atoms with Gasteiger partial charge in [-0.05, 0) is 12.5 Å². The van der Waals surface area contributed by atoms with Crippen LogP contribution in [0.3, 0.4) is 0 Å². The summed E-state index contributed by atoms with van der Waals surface area (Å²) in [6, 6.07) is 2.34. The zero-order valence-electron chi connectivity index (χ0n) is 13.2. The van der Waals surface area contributed by atoms with Crippen molar-refractivity contribution in [2.45, 2.75) is 19.8 Å². The van der Waals surface area contributed by atoms with E-state index in [1.54, 1.807) is 0 Å². The number of hydrogen-bond donors (Lipinski definition) is 3. The summed E-state index contributed by atoms with van der Waals surface area (Å²) in [5.74, 6) is -2.51. The van der Waals surface area contributed by atoms with Crippen LogP contribution in [0.1, 0.15) is 25.3 Å². The first kappa shape index (κ1) is 18.9. The summed E-state index contributed by atoms with van der Waals surface area (Å²) in [5, 5.41) is 26.5. The summed E-state index contributed by atoms with van der Waals surface area (Å²) in [5.41, 5.74) is 1.63. The molecular formula is C14H18N4O6. The highest BCUT2D eigenvalue weighted by molar-refractivity contribution is 6.35. The summed E-state index contributed by atoms with van der Waals surface area (Å²) in [4.78, 5) is 33.0. The minimum atomic E-state index is -0.956. The van der Waals surface area contributed by atoms with Crippen LogP contribution in [0.4, 0.5) is 5.69 Å². The molecule has 0 bridgehead atoms. The van der Waals surface area contributed by atoms with Crippen molar-refractivity contribution in [3.05, 3.63) is 27.8 Å². The number of carbonyl (C=O) groups is 2. The van der Waals surface area contributed by atoms with Gasteiger partial charge in [0.05, 0.1) is 18.2 Å². The third-order valence-electron chi connectivity index (χ3n) is 2.90. The summed E-state index contributed by atoms with van der Waals surface area (Å²) in [7, 11) is 1.24. The standard InChI is InChI=1S/C14H18N4O6/c1-3-4-5-15-13(20)14(21)17-16-8-9-6-10(18(22)23)12(19)11(7-9)24-2/h6-8,19H,3-5H2,1-2H3,(H,15,20)(H,17,21)/b16-8+. The maximum Gasteiger partial charge on any atom is 0.329 e. The van der Waals surface area contributed by atoms with Crippen molar-refractivity contribution < 1.29 is 24.4 Å². The first-order valence-electron chi connectivity index (χ1n) is 7.07. The van der Waals surface area contributed by atoms with Crippen molar-refractivity contribution in [1.82, 2.24) is 10.7 Å². The van der Waals surface area contributed by atoms with E-state index in [0.29, 0.717) is 6.54 Å². The number of nitrogens with one attached hydrogen (secondary N) is 2. The number of phenolic OH excluding ortho intramolecular Hbond substituents is 1. The third-order valence-corrected chi connectivity index (χ3v) is 2.90. The van der Waals surface area contributed by atoms with E-state index in [1.807, 2.05) is 12.3 Å². The van der Waals surface area contributed by atoms with Gasteiger partial charge in [-0.3, -0.25) is 19.7 Å². The molecule has 1 aromatic rings. The molecule has 0 aliphatic heterocycles. The Kier molecular flexibility index (Phi) is 7.14. The highest BCUT2D eigenvalue weighted by Gasteiger charge is 2.19. The smallest absolute Gasteiger partial charge is 0.329 e. The van der Waals surface area contributed by atoms with Crippen LogP contribution in [-0.2, 0) is 9.59 Å². The number of nitrogens with zero attached hydrogens (tertiary/aromatic N) is 2. The highest BCUT2D eigenvalue weighted by atomic mass is 16.6. The van der Waals surface area contributed by atoms with Gasteiger partial charge in [-0.25, -0.2) is 5.43 Å². The minimum absolute atomic E-state index is 0.116. The summed E-state index contributed by atoms with van der Waals surface area (Å²) in [6.07, 6.45) is 2.72. The fourth-order valence-corrected chi connectivity index (χ4v) is 1.66. The molecule has 0 saturated carbocycles. The molecule has 0 aliphatic rings. The number of hydrogen-bond acceptors (Lipinski definition) is 7. The number of phenols is 1. The molecule has 1 aromatic carbocycles. The number of rotatable bonds is 7. The Balaban J connectivity index is 2.77. The molecule has 3 N–H and O–H groups in total. The number of nitro benzene ring substituents is 1. The number of benzene rings is 1. The van der Waals surface area contributed by atoms with Crippen molar-refractivity contribution in [1.29, 1.82) is 0 Å². The first-order chi connectivity index (χ1) is 11.4. The molecule has 10 nitrogen and oxygen atoms in total. The first-order valence-corrected chi connectivity index (χ1v) is 7.07. The topological polar surface area (TPSA) is 143 Å². The second kappa shape index (κ2) is 9.08. The lowest BCUT2D eigenvalue weighted by molar-refractivity contribution is -0.386. The fourth-order valence-electron chi connectivity index (χ4n) is 1.66. The normalized spacial score (nSPS) is 10.4. The molecule has 0 fully saturated rings. The quantitative estimate of drug-likeness (QED) is 0.219. The lowest BCUT2D eigenvalue weighted by Gasteiger charge is -2.05. The Labute approximate surface area is 137 Å². The van der Waals surface area contributed by atoms with Crippen LogP contribution < -0.4 is 15.5 Å². The molecule has 0 heterocycles. The summed E-state index contributed by atoms with van der Waals surface area (Å²) in [6.45, 7) is 2.33. The predicted molar refractivity (Wildman–Crippen MR) is 85.0 cm³/mol. The van der Waals surface area contributed by atoms with E-state index in [9.17, 15) is 24.8 Å². The molecule has 130 valence electrons. The number of unbranched alkanes of at least 4 members (excludes halogenated alkanes) is 1. The van der Waals surface area contributed by atoms with Crippen LogP contribution >= 0.6 is 0 Å². The Morgan fingerprint density at radius 2 is 2.12 bits per heavy atom. The maximum absolute atomic E-state index is 11.5. The Morgan fingerprint density at radius 3 is 2.71 bits per heavy atom. The molecule has 0 aliphatic carbocycles. The Bertz CT molecular complexity index is 659. The van der Waals surface area contributed by atoms with Gasteiger partial charge in [-0.2, -0.15) is 5.10 Å². The highest BCUT2D eigenvalue weighted by Crippen LogP contribution is 2.36. The molecule has 0 unspecified atom stereocenters. The van der Waals surface area contributed by atoms with Crippen LogP contribution in [0, 0.1) is 10.1 Å². The van der Waals surface area contributed by atoms with E-state index in [4.69, 9.17) is 4.74 Å². The molecule has 0 radical (unpaired) electrons. The van der Waals surface area contributed by atoms with Gasteiger partial charge in [0.1, 0.15) is 0 Å². The van der Waals surface area contributed by atoms with Gasteiger partial charge in [0, 0.05) is 18.2 Å². The molecule has 0 aromatic heterocycles. The van der Waals surface area contributed by atoms with Crippen molar-refractivity contribution in [2.24, 2.45) is 5.10 Å². The van der Waals surface area contributed by atoms with Gasteiger partial charge >= 0.3 is 17.5 Å². The number of aromatic hydroxyl groups is 1. The molecular weight excluding hydrogens is 320 g/mol. The van der Waals surface area contributed by atoms with Crippen LogP contribution in [0.5, 0.6) is 11.5 Å². The van der Waals surface area contributed by atoms with E-state index in [1.165, 1.54) is 13.2 Å². The van der Waals surface area contributed by atoms with Crippen molar-refractivity contribution in [2.75, 3.05) is 13.7 Å². The van der Waals surface area contributed by atoms with Crippen molar-refractivity contribution >= 4 is 23.7 Å². The SMILES string of the molecule is CCCCNC(=O)C(=O)N/N=C/c1cc(OC)c(O)c([N+](=O)[O-])c1. The third kappa shape index (κ3) is 5.23. The lowest BCUT2D eigenvalue weighted by Crippen LogP contribution is -2.38. The van der Waals surface area contributed by atoms with Gasteiger partial charge in [0.2, 0.25) is 5.75 Å². The van der Waals surface area contributed by atoms with Crippen LogP contribution in [0.25, 0.3) is 0 Å². The van der Waals surface area contributed by atoms with Gasteiger partial charge in [-0.1, -0.05) is 13.3 Å². The van der Waals surface area contributed by atoms with Gasteiger partial charge in [0.25, 0.3) is 0 Å². The number of hydrazone groups is 1. The monoisotopic (exact) mass is 338 g/mol. The summed E-state index contributed by atoms with van der Waals surface area (Å²) >= 11 is 0. The number of methoxy groups -OCH3 is 1.